The maximum Gasteiger partial charge on any atom is 0.274 e. The minimum Gasteiger partial charge on any atom is -0.379 e. The van der Waals surface area contributed by atoms with Gasteiger partial charge in [0.25, 0.3) is 11.3 Å². The van der Waals surface area contributed by atoms with Crippen molar-refractivity contribution in [3.05, 3.63) is 87.1 Å². The number of aryl methyl sites for hydroxylation is 2. The van der Waals surface area contributed by atoms with Crippen molar-refractivity contribution >= 4 is 17.4 Å². The maximum atomic E-state index is 13.0. The fourth-order valence-electron chi connectivity index (χ4n) is 2.93. The smallest absolute Gasteiger partial charge is 0.274 e. The highest BCUT2D eigenvalue weighted by Crippen LogP contribution is 2.15. The lowest BCUT2D eigenvalue weighted by atomic mass is 10.1. The van der Waals surface area contributed by atoms with Crippen molar-refractivity contribution in [1.29, 1.82) is 0 Å². The summed E-state index contributed by atoms with van der Waals surface area (Å²) in [7, 11) is 0. The first-order valence-electron chi connectivity index (χ1n) is 9.26. The van der Waals surface area contributed by atoms with Crippen LogP contribution in [0.15, 0.2) is 53.3 Å². The first-order valence-corrected chi connectivity index (χ1v) is 9.26. The van der Waals surface area contributed by atoms with Crippen LogP contribution in [0.1, 0.15) is 22.4 Å². The third-order valence-corrected chi connectivity index (χ3v) is 4.74. The number of anilines is 2. The van der Waals surface area contributed by atoms with Gasteiger partial charge in [0.2, 0.25) is 5.95 Å². The number of halogens is 1. The molecule has 4 rings (SSSR count). The molecule has 0 radical (unpaired) electrons. The molecule has 0 bridgehead atoms. The molecule has 7 nitrogen and oxygen atoms in total. The van der Waals surface area contributed by atoms with E-state index in [9.17, 15) is 9.18 Å². The second kappa shape index (κ2) is 7.75. The Bertz CT molecular complexity index is 1210. The second-order valence-electron chi connectivity index (χ2n) is 6.93. The van der Waals surface area contributed by atoms with Crippen LogP contribution in [-0.2, 0) is 13.1 Å². The van der Waals surface area contributed by atoms with Gasteiger partial charge >= 0.3 is 0 Å². The summed E-state index contributed by atoms with van der Waals surface area (Å²) in [5.74, 6) is 0.421. The largest absolute Gasteiger partial charge is 0.379 e. The van der Waals surface area contributed by atoms with E-state index < -0.39 is 0 Å². The molecule has 0 aliphatic rings. The van der Waals surface area contributed by atoms with E-state index in [4.69, 9.17) is 0 Å². The molecule has 2 heterocycles. The Labute approximate surface area is 166 Å². The van der Waals surface area contributed by atoms with E-state index in [0.717, 1.165) is 11.3 Å². The van der Waals surface area contributed by atoms with E-state index >= 15 is 0 Å². The minimum atomic E-state index is -0.282. The van der Waals surface area contributed by atoms with Gasteiger partial charge in [-0.2, -0.15) is 9.50 Å². The zero-order valence-electron chi connectivity index (χ0n) is 16.2. The van der Waals surface area contributed by atoms with Crippen molar-refractivity contribution in [2.45, 2.75) is 26.9 Å². The molecule has 0 atom stereocenters. The van der Waals surface area contributed by atoms with Crippen LogP contribution in [0.25, 0.3) is 5.78 Å². The van der Waals surface area contributed by atoms with E-state index in [2.05, 4.69) is 51.7 Å². The van der Waals surface area contributed by atoms with Crippen molar-refractivity contribution in [2.24, 2.45) is 0 Å². The van der Waals surface area contributed by atoms with Crippen molar-refractivity contribution in [3.8, 4) is 0 Å². The molecule has 8 heteroatoms. The van der Waals surface area contributed by atoms with Crippen molar-refractivity contribution in [3.63, 3.8) is 0 Å². The molecule has 0 saturated heterocycles. The standard InChI is InChI=1S/C21H21FN6O/c1-13-3-8-17(9-14(13)2)23-12-18-10-19(29)28-21(25-18)26-20(27-28)24-11-15-4-6-16(22)7-5-15/h3-10,23H,11-12H2,1-2H3,(H2,24,25,26,27). The molecule has 0 aliphatic heterocycles. The molecule has 0 saturated carbocycles. The monoisotopic (exact) mass is 392 g/mol. The van der Waals surface area contributed by atoms with Gasteiger partial charge in [-0.1, -0.05) is 18.2 Å². The summed E-state index contributed by atoms with van der Waals surface area (Å²) < 4.78 is 14.3. The zero-order chi connectivity index (χ0) is 20.4. The highest BCUT2D eigenvalue weighted by Gasteiger charge is 2.08. The van der Waals surface area contributed by atoms with E-state index in [0.29, 0.717) is 24.7 Å². The van der Waals surface area contributed by atoms with E-state index in [1.54, 1.807) is 12.1 Å². The number of benzene rings is 2. The number of nitrogens with zero attached hydrogens (tertiary/aromatic N) is 3. The van der Waals surface area contributed by atoms with Crippen LogP contribution in [0.3, 0.4) is 0 Å². The Morgan fingerprint density at radius 3 is 2.52 bits per heavy atom. The number of aromatic nitrogens is 4. The predicted molar refractivity (Wildman–Crippen MR) is 111 cm³/mol. The van der Waals surface area contributed by atoms with Gasteiger partial charge in [-0.15, -0.1) is 0 Å². The number of hydrogen-bond acceptors (Lipinski definition) is 5. The van der Waals surface area contributed by atoms with Crippen LogP contribution >= 0.6 is 0 Å². The lowest BCUT2D eigenvalue weighted by Crippen LogP contribution is -2.17. The molecule has 0 spiro atoms. The van der Waals surface area contributed by atoms with Crippen molar-refractivity contribution < 1.29 is 4.39 Å². The maximum absolute atomic E-state index is 13.0. The molecule has 0 unspecified atom stereocenters. The Balaban J connectivity index is 1.48. The molecular weight excluding hydrogens is 371 g/mol. The molecule has 0 aliphatic carbocycles. The summed E-state index contributed by atoms with van der Waals surface area (Å²) in [5.41, 5.74) is 4.65. The van der Waals surface area contributed by atoms with Gasteiger partial charge in [-0.25, -0.2) is 9.37 Å². The number of hydrogen-bond donors (Lipinski definition) is 3. The molecule has 4 aromatic rings. The number of H-pyrrole nitrogens is 1. The van der Waals surface area contributed by atoms with Crippen LogP contribution in [0.2, 0.25) is 0 Å². The number of rotatable bonds is 6. The van der Waals surface area contributed by atoms with Gasteiger partial charge in [0.1, 0.15) is 5.82 Å². The van der Waals surface area contributed by atoms with E-state index in [1.165, 1.54) is 33.8 Å². The first-order chi connectivity index (χ1) is 14.0. The molecule has 3 N–H and O–H groups in total. The summed E-state index contributed by atoms with van der Waals surface area (Å²) in [6.07, 6.45) is 0. The van der Waals surface area contributed by atoms with Gasteiger partial charge in [-0.3, -0.25) is 9.89 Å². The second-order valence-corrected chi connectivity index (χ2v) is 6.93. The summed E-state index contributed by atoms with van der Waals surface area (Å²) in [6.45, 7) is 4.98. The van der Waals surface area contributed by atoms with Crippen LogP contribution in [0.4, 0.5) is 16.0 Å². The minimum absolute atomic E-state index is 0.241. The van der Waals surface area contributed by atoms with E-state index in [1.807, 2.05) is 6.07 Å². The average Bonchev–Trinajstić information content (AvgIpc) is 3.12. The van der Waals surface area contributed by atoms with Crippen LogP contribution in [-0.4, -0.2) is 19.6 Å². The molecular formula is C21H21FN6O. The van der Waals surface area contributed by atoms with Gasteiger partial charge in [-0.05, 0) is 54.8 Å². The Hall–Kier alpha value is -3.68. The molecule has 2 aromatic carbocycles. The molecule has 2 aromatic heterocycles. The fraction of sp³-hybridized carbons (Fsp3) is 0.190. The van der Waals surface area contributed by atoms with Gasteiger partial charge in [0.05, 0.1) is 12.2 Å². The Morgan fingerprint density at radius 1 is 0.966 bits per heavy atom. The van der Waals surface area contributed by atoms with Gasteiger partial charge in [0, 0.05) is 18.3 Å². The third-order valence-electron chi connectivity index (χ3n) is 4.74. The Kier molecular flexibility index (Phi) is 4.99. The van der Waals surface area contributed by atoms with Crippen LogP contribution < -0.4 is 16.2 Å². The SMILES string of the molecule is Cc1ccc(NCc2cc(=O)n3[nH]c(NCc4ccc(F)cc4)nc3n2)cc1C. The topological polar surface area (TPSA) is 87.1 Å². The van der Waals surface area contributed by atoms with Crippen molar-refractivity contribution in [2.75, 3.05) is 10.6 Å². The van der Waals surface area contributed by atoms with Crippen LogP contribution in [0, 0.1) is 19.7 Å². The number of nitrogens with one attached hydrogen (secondary N) is 3. The van der Waals surface area contributed by atoms with Gasteiger partial charge < -0.3 is 10.6 Å². The quantitative estimate of drug-likeness (QED) is 0.468. The average molecular weight is 392 g/mol. The highest BCUT2D eigenvalue weighted by molar-refractivity contribution is 5.48. The first kappa shape index (κ1) is 18.7. The highest BCUT2D eigenvalue weighted by atomic mass is 19.1. The molecule has 0 amide bonds. The molecule has 148 valence electrons. The van der Waals surface area contributed by atoms with Crippen LogP contribution in [0.5, 0.6) is 0 Å². The normalized spacial score (nSPS) is 11.0. The fourth-order valence-corrected chi connectivity index (χ4v) is 2.93. The number of aromatic amines is 1. The summed E-state index contributed by atoms with van der Waals surface area (Å²) in [5, 5.41) is 9.25. The Morgan fingerprint density at radius 2 is 1.76 bits per heavy atom. The van der Waals surface area contributed by atoms with Gasteiger partial charge in [0.15, 0.2) is 0 Å². The van der Waals surface area contributed by atoms with E-state index in [-0.39, 0.29) is 17.2 Å². The number of fused-ring (bicyclic) bond motifs is 1. The lowest BCUT2D eigenvalue weighted by molar-refractivity contribution is 0.627. The van der Waals surface area contributed by atoms with Crippen molar-refractivity contribution in [1.82, 2.24) is 19.6 Å². The molecule has 29 heavy (non-hydrogen) atoms. The summed E-state index contributed by atoms with van der Waals surface area (Å²) >= 11 is 0. The summed E-state index contributed by atoms with van der Waals surface area (Å²) in [4.78, 5) is 21.2. The zero-order valence-corrected chi connectivity index (χ0v) is 16.2. The third kappa shape index (κ3) is 4.26. The lowest BCUT2D eigenvalue weighted by Gasteiger charge is -2.08. The molecule has 0 fully saturated rings. The predicted octanol–water partition coefficient (Wildman–Crippen LogP) is 3.40. The summed E-state index contributed by atoms with van der Waals surface area (Å²) in [6, 6.07) is 13.8.